The zero-order valence-corrected chi connectivity index (χ0v) is 9.20. The van der Waals surface area contributed by atoms with Gasteiger partial charge < -0.3 is 5.32 Å². The van der Waals surface area contributed by atoms with Crippen LogP contribution in [0.2, 0.25) is 0 Å². The number of benzene rings is 1. The van der Waals surface area contributed by atoms with Gasteiger partial charge in [-0.2, -0.15) is 0 Å². The standard InChI is InChI=1S/C13H18NO/c1-2-3-7-10-14-13(11-15)12-8-5-4-6-9-12/h4-6,8-9,13-14H,2-3,7,10H2,1H3. The fraction of sp³-hybridized carbons (Fsp3) is 0.462. The monoisotopic (exact) mass is 204 g/mol. The largest absolute Gasteiger partial charge is 0.303 e. The van der Waals surface area contributed by atoms with Crippen LogP contribution in [0.1, 0.15) is 37.8 Å². The molecule has 0 aliphatic rings. The topological polar surface area (TPSA) is 29.1 Å². The summed E-state index contributed by atoms with van der Waals surface area (Å²) in [4.78, 5) is 10.8. The predicted molar refractivity (Wildman–Crippen MR) is 62.4 cm³/mol. The third kappa shape index (κ3) is 4.26. The van der Waals surface area contributed by atoms with Crippen molar-refractivity contribution in [2.24, 2.45) is 0 Å². The summed E-state index contributed by atoms with van der Waals surface area (Å²) in [5.74, 6) is 0. The van der Waals surface area contributed by atoms with Gasteiger partial charge in [0.05, 0.1) is 6.04 Å². The van der Waals surface area contributed by atoms with Crippen molar-refractivity contribution >= 4 is 6.29 Å². The van der Waals surface area contributed by atoms with E-state index in [0.29, 0.717) is 0 Å². The molecule has 0 bridgehead atoms. The Hall–Kier alpha value is -1.15. The van der Waals surface area contributed by atoms with Crippen LogP contribution in [0.25, 0.3) is 0 Å². The van der Waals surface area contributed by atoms with Crippen LogP contribution in [0.15, 0.2) is 30.3 Å². The Morgan fingerprint density at radius 1 is 1.27 bits per heavy atom. The van der Waals surface area contributed by atoms with Gasteiger partial charge in [0.1, 0.15) is 0 Å². The van der Waals surface area contributed by atoms with Gasteiger partial charge in [0.2, 0.25) is 6.29 Å². The van der Waals surface area contributed by atoms with Crippen molar-refractivity contribution in [1.82, 2.24) is 5.32 Å². The fourth-order valence-corrected chi connectivity index (χ4v) is 1.49. The van der Waals surface area contributed by atoms with Crippen molar-refractivity contribution in [2.75, 3.05) is 6.54 Å². The van der Waals surface area contributed by atoms with Crippen molar-refractivity contribution in [2.45, 2.75) is 32.2 Å². The van der Waals surface area contributed by atoms with Crippen LogP contribution in [0.4, 0.5) is 0 Å². The number of nitrogens with one attached hydrogen (secondary N) is 1. The van der Waals surface area contributed by atoms with Gasteiger partial charge in [-0.25, -0.2) is 0 Å². The van der Waals surface area contributed by atoms with Crippen molar-refractivity contribution in [1.29, 1.82) is 0 Å². The molecular formula is C13H18NO. The summed E-state index contributed by atoms with van der Waals surface area (Å²) >= 11 is 0. The number of carbonyl (C=O) groups excluding carboxylic acids is 1. The van der Waals surface area contributed by atoms with Gasteiger partial charge in [-0.1, -0.05) is 50.1 Å². The van der Waals surface area contributed by atoms with Gasteiger partial charge in [0.25, 0.3) is 0 Å². The molecule has 0 heterocycles. The minimum absolute atomic E-state index is 0.275. The highest BCUT2D eigenvalue weighted by Gasteiger charge is 2.08. The quantitative estimate of drug-likeness (QED) is 0.692. The fourth-order valence-electron chi connectivity index (χ4n) is 1.49. The molecule has 15 heavy (non-hydrogen) atoms. The lowest BCUT2D eigenvalue weighted by Crippen LogP contribution is -2.23. The summed E-state index contributed by atoms with van der Waals surface area (Å²) in [6.07, 6.45) is 5.55. The average molecular weight is 204 g/mol. The molecule has 2 nitrogen and oxygen atoms in total. The van der Waals surface area contributed by atoms with Crippen LogP contribution >= 0.6 is 0 Å². The van der Waals surface area contributed by atoms with Gasteiger partial charge >= 0.3 is 0 Å². The second kappa shape index (κ2) is 7.18. The molecule has 1 unspecified atom stereocenters. The van der Waals surface area contributed by atoms with Gasteiger partial charge in [-0.3, -0.25) is 4.79 Å². The van der Waals surface area contributed by atoms with Crippen LogP contribution < -0.4 is 5.32 Å². The van der Waals surface area contributed by atoms with E-state index in [1.807, 2.05) is 36.6 Å². The molecular weight excluding hydrogens is 186 g/mol. The van der Waals surface area contributed by atoms with Crippen molar-refractivity contribution in [3.8, 4) is 0 Å². The Bertz CT molecular complexity index is 271. The van der Waals surface area contributed by atoms with E-state index in [9.17, 15) is 4.79 Å². The normalized spacial score (nSPS) is 12.3. The zero-order chi connectivity index (χ0) is 10.9. The lowest BCUT2D eigenvalue weighted by molar-refractivity contribution is 0.514. The third-order valence-corrected chi connectivity index (χ3v) is 2.38. The lowest BCUT2D eigenvalue weighted by atomic mass is 10.1. The summed E-state index contributed by atoms with van der Waals surface area (Å²) in [5.41, 5.74) is 0.990. The molecule has 0 aliphatic heterocycles. The molecule has 81 valence electrons. The smallest absolute Gasteiger partial charge is 0.221 e. The van der Waals surface area contributed by atoms with E-state index in [2.05, 4.69) is 12.2 Å². The summed E-state index contributed by atoms with van der Waals surface area (Å²) in [5, 5.41) is 3.20. The number of rotatable bonds is 7. The summed E-state index contributed by atoms with van der Waals surface area (Å²) in [6, 6.07) is 9.44. The van der Waals surface area contributed by atoms with E-state index >= 15 is 0 Å². The average Bonchev–Trinajstić information content (AvgIpc) is 2.30. The Morgan fingerprint density at radius 3 is 2.60 bits per heavy atom. The molecule has 1 atom stereocenters. The highest BCUT2D eigenvalue weighted by molar-refractivity contribution is 5.62. The maximum Gasteiger partial charge on any atom is 0.221 e. The van der Waals surface area contributed by atoms with Gasteiger partial charge in [-0.15, -0.1) is 0 Å². The molecule has 0 saturated heterocycles. The van der Waals surface area contributed by atoms with Gasteiger partial charge in [-0.05, 0) is 18.5 Å². The van der Waals surface area contributed by atoms with Crippen LogP contribution in [0.5, 0.6) is 0 Å². The molecule has 1 N–H and O–H groups in total. The molecule has 1 aromatic rings. The maximum absolute atomic E-state index is 10.8. The minimum atomic E-state index is -0.275. The first-order chi connectivity index (χ1) is 7.38. The number of hydrogen-bond donors (Lipinski definition) is 1. The molecule has 0 fully saturated rings. The molecule has 0 saturated carbocycles. The first kappa shape index (κ1) is 11.9. The molecule has 2 heteroatoms. The van der Waals surface area contributed by atoms with Crippen LogP contribution in [-0.4, -0.2) is 12.8 Å². The summed E-state index contributed by atoms with van der Waals surface area (Å²) in [7, 11) is 0. The predicted octanol–water partition coefficient (Wildman–Crippen LogP) is 2.62. The lowest BCUT2D eigenvalue weighted by Gasteiger charge is -2.11. The zero-order valence-electron chi connectivity index (χ0n) is 9.20. The van der Waals surface area contributed by atoms with Crippen molar-refractivity contribution in [3.63, 3.8) is 0 Å². The van der Waals surface area contributed by atoms with E-state index in [1.54, 1.807) is 0 Å². The van der Waals surface area contributed by atoms with E-state index in [0.717, 1.165) is 18.5 Å². The Balaban J connectivity index is 2.39. The van der Waals surface area contributed by atoms with Gasteiger partial charge in [0.15, 0.2) is 0 Å². The highest BCUT2D eigenvalue weighted by atomic mass is 16.1. The summed E-state index contributed by atoms with van der Waals surface area (Å²) in [6.45, 7) is 3.04. The SMILES string of the molecule is CCCCCNC([C]=O)c1ccccc1. The van der Waals surface area contributed by atoms with Crippen LogP contribution in [-0.2, 0) is 4.79 Å². The van der Waals surface area contributed by atoms with E-state index in [-0.39, 0.29) is 6.04 Å². The third-order valence-electron chi connectivity index (χ3n) is 2.38. The van der Waals surface area contributed by atoms with Gasteiger partial charge in [0, 0.05) is 0 Å². The minimum Gasteiger partial charge on any atom is -0.303 e. The van der Waals surface area contributed by atoms with Crippen LogP contribution in [0.3, 0.4) is 0 Å². The molecule has 1 radical (unpaired) electrons. The molecule has 0 aliphatic carbocycles. The number of unbranched alkanes of at least 4 members (excludes halogenated alkanes) is 2. The molecule has 0 spiro atoms. The first-order valence-electron chi connectivity index (χ1n) is 5.54. The number of hydrogen-bond acceptors (Lipinski definition) is 2. The molecule has 1 rings (SSSR count). The molecule has 1 aromatic carbocycles. The first-order valence-corrected chi connectivity index (χ1v) is 5.54. The van der Waals surface area contributed by atoms with Crippen LogP contribution in [0, 0.1) is 0 Å². The summed E-state index contributed by atoms with van der Waals surface area (Å²) < 4.78 is 0. The van der Waals surface area contributed by atoms with Crippen molar-refractivity contribution in [3.05, 3.63) is 35.9 Å². The second-order valence-electron chi connectivity index (χ2n) is 3.62. The second-order valence-corrected chi connectivity index (χ2v) is 3.62. The maximum atomic E-state index is 10.8. The Morgan fingerprint density at radius 2 is 2.00 bits per heavy atom. The highest BCUT2D eigenvalue weighted by Crippen LogP contribution is 2.09. The van der Waals surface area contributed by atoms with Crippen molar-refractivity contribution < 1.29 is 4.79 Å². The van der Waals surface area contributed by atoms with E-state index < -0.39 is 0 Å². The molecule has 0 amide bonds. The Kier molecular flexibility index (Phi) is 5.71. The van der Waals surface area contributed by atoms with E-state index in [1.165, 1.54) is 12.8 Å². The Labute approximate surface area is 91.7 Å². The van der Waals surface area contributed by atoms with E-state index in [4.69, 9.17) is 0 Å². The molecule has 0 aromatic heterocycles.